The summed E-state index contributed by atoms with van der Waals surface area (Å²) in [6.45, 7) is 0.727. The zero-order valence-corrected chi connectivity index (χ0v) is 11.0. The molecule has 0 saturated heterocycles. The van der Waals surface area contributed by atoms with Crippen LogP contribution in [-0.4, -0.2) is 28.6 Å². The molecule has 0 aromatic heterocycles. The molecule has 96 valence electrons. The van der Waals surface area contributed by atoms with Crippen LogP contribution in [0, 0.1) is 0 Å². The molecule has 0 amide bonds. The first-order valence-electron chi connectivity index (χ1n) is 5.04. The number of rotatable bonds is 6. The monoisotopic (exact) mass is 278 g/mol. The zero-order chi connectivity index (χ0) is 12.9. The maximum Gasteiger partial charge on any atom is 0.244 e. The number of benzene rings is 1. The highest BCUT2D eigenvalue weighted by molar-refractivity contribution is 7.89. The largest absolute Gasteiger partial charge is 0.495 e. The van der Waals surface area contributed by atoms with Crippen LogP contribution in [0.3, 0.4) is 0 Å². The van der Waals surface area contributed by atoms with E-state index in [1.165, 1.54) is 25.3 Å². The standard InChI is InChI=1S/C10H15ClN2O3S/c1-16-9-7-8(11)3-4-10(9)17(14,15)13-6-2-5-12/h3-4,7,13H,2,5-6,12H2,1H3. The SMILES string of the molecule is COc1cc(Cl)ccc1S(=O)(=O)NCCCN. The van der Waals surface area contributed by atoms with Crippen LogP contribution in [0.25, 0.3) is 0 Å². The van der Waals surface area contributed by atoms with Crippen molar-refractivity contribution in [1.82, 2.24) is 4.72 Å². The summed E-state index contributed by atoms with van der Waals surface area (Å²) in [4.78, 5) is 0.0708. The minimum absolute atomic E-state index is 0.0708. The first-order valence-corrected chi connectivity index (χ1v) is 6.90. The fraction of sp³-hybridized carbons (Fsp3) is 0.400. The molecule has 0 bridgehead atoms. The molecule has 0 heterocycles. The molecule has 3 N–H and O–H groups in total. The van der Waals surface area contributed by atoms with Crippen LogP contribution in [0.5, 0.6) is 5.75 Å². The van der Waals surface area contributed by atoms with Crippen LogP contribution in [0.2, 0.25) is 5.02 Å². The second kappa shape index (κ2) is 6.20. The molecular weight excluding hydrogens is 264 g/mol. The third-order valence-corrected chi connectivity index (χ3v) is 3.82. The Labute approximate surface area is 106 Å². The minimum Gasteiger partial charge on any atom is -0.495 e. The first-order chi connectivity index (χ1) is 8.01. The summed E-state index contributed by atoms with van der Waals surface area (Å²) in [5, 5.41) is 0.419. The molecule has 0 radical (unpaired) electrons. The molecule has 0 saturated carbocycles. The average molecular weight is 279 g/mol. The van der Waals surface area contributed by atoms with Crippen molar-refractivity contribution in [3.05, 3.63) is 23.2 Å². The van der Waals surface area contributed by atoms with E-state index in [1.807, 2.05) is 0 Å². The molecule has 0 aliphatic rings. The number of nitrogens with one attached hydrogen (secondary N) is 1. The lowest BCUT2D eigenvalue weighted by atomic mass is 10.3. The van der Waals surface area contributed by atoms with E-state index in [4.69, 9.17) is 22.1 Å². The van der Waals surface area contributed by atoms with Crippen molar-refractivity contribution in [2.75, 3.05) is 20.2 Å². The molecule has 1 aromatic carbocycles. The van der Waals surface area contributed by atoms with E-state index in [1.54, 1.807) is 0 Å². The van der Waals surface area contributed by atoms with Crippen LogP contribution < -0.4 is 15.2 Å². The fourth-order valence-corrected chi connectivity index (χ4v) is 2.63. The Kier molecular flexibility index (Phi) is 5.20. The zero-order valence-electron chi connectivity index (χ0n) is 9.44. The first kappa shape index (κ1) is 14.2. The van der Waals surface area contributed by atoms with Crippen LogP contribution in [0.4, 0.5) is 0 Å². The number of halogens is 1. The number of sulfonamides is 1. The Morgan fingerprint density at radius 3 is 2.76 bits per heavy atom. The number of nitrogens with two attached hydrogens (primary N) is 1. The van der Waals surface area contributed by atoms with Crippen molar-refractivity contribution in [2.24, 2.45) is 5.73 Å². The molecular formula is C10H15ClN2O3S. The van der Waals surface area contributed by atoms with Gasteiger partial charge in [-0.25, -0.2) is 13.1 Å². The van der Waals surface area contributed by atoms with E-state index >= 15 is 0 Å². The van der Waals surface area contributed by atoms with E-state index in [-0.39, 0.29) is 10.6 Å². The van der Waals surface area contributed by atoms with Gasteiger partial charge < -0.3 is 10.5 Å². The molecule has 7 heteroatoms. The molecule has 0 aliphatic heterocycles. The molecule has 17 heavy (non-hydrogen) atoms. The van der Waals surface area contributed by atoms with Gasteiger partial charge in [-0.3, -0.25) is 0 Å². The van der Waals surface area contributed by atoms with Crippen molar-refractivity contribution >= 4 is 21.6 Å². The van der Waals surface area contributed by atoms with Gasteiger partial charge in [0.1, 0.15) is 10.6 Å². The highest BCUT2D eigenvalue weighted by Crippen LogP contribution is 2.26. The quantitative estimate of drug-likeness (QED) is 0.760. The maximum atomic E-state index is 11.9. The molecule has 0 atom stereocenters. The fourth-order valence-electron chi connectivity index (χ4n) is 1.25. The summed E-state index contributed by atoms with van der Waals surface area (Å²) in [7, 11) is -2.19. The van der Waals surface area contributed by atoms with Gasteiger partial charge in [0.25, 0.3) is 0 Å². The normalized spacial score (nSPS) is 11.5. The van der Waals surface area contributed by atoms with Gasteiger partial charge in [-0.05, 0) is 25.1 Å². The van der Waals surface area contributed by atoms with Gasteiger partial charge in [-0.1, -0.05) is 11.6 Å². The van der Waals surface area contributed by atoms with Gasteiger partial charge in [0.2, 0.25) is 10.0 Å². The highest BCUT2D eigenvalue weighted by Gasteiger charge is 2.18. The predicted molar refractivity (Wildman–Crippen MR) is 66.9 cm³/mol. The lowest BCUT2D eigenvalue weighted by Crippen LogP contribution is -2.26. The van der Waals surface area contributed by atoms with Gasteiger partial charge in [0.15, 0.2) is 0 Å². The summed E-state index contributed by atoms with van der Waals surface area (Å²) in [5.74, 6) is 0.220. The van der Waals surface area contributed by atoms with Crippen molar-refractivity contribution < 1.29 is 13.2 Å². The summed E-state index contributed by atoms with van der Waals surface area (Å²) in [5.41, 5.74) is 5.30. The summed E-state index contributed by atoms with van der Waals surface area (Å²) in [6.07, 6.45) is 0.579. The van der Waals surface area contributed by atoms with Gasteiger partial charge in [-0.15, -0.1) is 0 Å². The Hall–Kier alpha value is -0.820. The predicted octanol–water partition coefficient (Wildman–Crippen LogP) is 0.976. The van der Waals surface area contributed by atoms with Gasteiger partial charge in [0, 0.05) is 17.6 Å². The molecule has 0 fully saturated rings. The van der Waals surface area contributed by atoms with E-state index in [9.17, 15) is 8.42 Å². The van der Waals surface area contributed by atoms with Crippen LogP contribution >= 0.6 is 11.6 Å². The highest BCUT2D eigenvalue weighted by atomic mass is 35.5. The summed E-state index contributed by atoms with van der Waals surface area (Å²) >= 11 is 5.76. The van der Waals surface area contributed by atoms with Crippen LogP contribution in [-0.2, 0) is 10.0 Å². The van der Waals surface area contributed by atoms with E-state index < -0.39 is 10.0 Å². The summed E-state index contributed by atoms with van der Waals surface area (Å²) < 4.78 is 31.3. The molecule has 1 rings (SSSR count). The number of methoxy groups -OCH3 is 1. The van der Waals surface area contributed by atoms with Crippen molar-refractivity contribution in [3.8, 4) is 5.75 Å². The van der Waals surface area contributed by atoms with Gasteiger partial charge in [-0.2, -0.15) is 0 Å². The second-order valence-electron chi connectivity index (χ2n) is 3.34. The topological polar surface area (TPSA) is 81.4 Å². The van der Waals surface area contributed by atoms with E-state index in [0.29, 0.717) is 24.5 Å². The summed E-state index contributed by atoms with van der Waals surface area (Å²) in [6, 6.07) is 4.37. The molecule has 0 unspecified atom stereocenters. The second-order valence-corrected chi connectivity index (χ2v) is 5.51. The number of hydrogen-bond donors (Lipinski definition) is 2. The molecule has 5 nitrogen and oxygen atoms in total. The Balaban J connectivity index is 2.98. The maximum absolute atomic E-state index is 11.9. The lowest BCUT2D eigenvalue weighted by Gasteiger charge is -2.10. The average Bonchev–Trinajstić information content (AvgIpc) is 2.28. The van der Waals surface area contributed by atoms with Gasteiger partial charge in [0.05, 0.1) is 7.11 Å². The molecule has 1 aromatic rings. The smallest absolute Gasteiger partial charge is 0.244 e. The third kappa shape index (κ3) is 3.85. The Morgan fingerprint density at radius 1 is 1.47 bits per heavy atom. The van der Waals surface area contributed by atoms with E-state index in [2.05, 4.69) is 4.72 Å². The van der Waals surface area contributed by atoms with Crippen molar-refractivity contribution in [2.45, 2.75) is 11.3 Å². The minimum atomic E-state index is -3.58. The van der Waals surface area contributed by atoms with Crippen LogP contribution in [0.1, 0.15) is 6.42 Å². The number of ether oxygens (including phenoxy) is 1. The van der Waals surface area contributed by atoms with Crippen molar-refractivity contribution in [1.29, 1.82) is 0 Å². The van der Waals surface area contributed by atoms with E-state index in [0.717, 1.165) is 0 Å². The Bertz CT molecular complexity index is 476. The van der Waals surface area contributed by atoms with Crippen LogP contribution in [0.15, 0.2) is 23.1 Å². The number of hydrogen-bond acceptors (Lipinski definition) is 4. The Morgan fingerprint density at radius 2 is 2.18 bits per heavy atom. The van der Waals surface area contributed by atoms with Crippen molar-refractivity contribution in [3.63, 3.8) is 0 Å². The lowest BCUT2D eigenvalue weighted by molar-refractivity contribution is 0.402. The molecule has 0 spiro atoms. The third-order valence-electron chi connectivity index (χ3n) is 2.09. The van der Waals surface area contributed by atoms with Gasteiger partial charge >= 0.3 is 0 Å². The molecule has 0 aliphatic carbocycles.